The normalized spacial score (nSPS) is 17.2. The van der Waals surface area contributed by atoms with Crippen molar-refractivity contribution in [3.05, 3.63) is 23.9 Å². The topological polar surface area (TPSA) is 28.2 Å². The summed E-state index contributed by atoms with van der Waals surface area (Å²) in [6.45, 7) is 11.0. The van der Waals surface area contributed by atoms with Crippen LogP contribution < -0.4 is 10.2 Å². The first-order valence-electron chi connectivity index (χ1n) is 7.62. The minimum Gasteiger partial charge on any atom is -0.357 e. The summed E-state index contributed by atoms with van der Waals surface area (Å²) in [5, 5.41) is 3.34. The lowest BCUT2D eigenvalue weighted by Crippen LogP contribution is -2.35. The van der Waals surface area contributed by atoms with Crippen molar-refractivity contribution < 1.29 is 0 Å². The van der Waals surface area contributed by atoms with Crippen LogP contribution in [0.15, 0.2) is 18.2 Å². The minimum absolute atomic E-state index is 0.815. The van der Waals surface area contributed by atoms with Gasteiger partial charge in [0.15, 0.2) is 0 Å². The SMILES string of the molecule is CCNCc1cccc(N2CCC(C(C)C)CC2)n1. The van der Waals surface area contributed by atoms with Gasteiger partial charge in [-0.3, -0.25) is 0 Å². The molecule has 1 fully saturated rings. The van der Waals surface area contributed by atoms with Gasteiger partial charge in [-0.25, -0.2) is 4.98 Å². The summed E-state index contributed by atoms with van der Waals surface area (Å²) in [5.74, 6) is 2.86. The average molecular weight is 261 g/mol. The average Bonchev–Trinajstić information content (AvgIpc) is 2.45. The molecule has 1 aromatic heterocycles. The van der Waals surface area contributed by atoms with Crippen LogP contribution in [0.4, 0.5) is 5.82 Å². The Hall–Kier alpha value is -1.09. The van der Waals surface area contributed by atoms with Crippen LogP contribution in [0.3, 0.4) is 0 Å². The number of nitrogens with zero attached hydrogens (tertiary/aromatic N) is 2. The Labute approximate surface area is 117 Å². The first-order valence-corrected chi connectivity index (χ1v) is 7.62. The zero-order valence-corrected chi connectivity index (χ0v) is 12.5. The van der Waals surface area contributed by atoms with E-state index in [4.69, 9.17) is 4.98 Å². The van der Waals surface area contributed by atoms with Crippen molar-refractivity contribution in [3.63, 3.8) is 0 Å². The summed E-state index contributed by atoms with van der Waals surface area (Å²) in [4.78, 5) is 7.21. The lowest BCUT2D eigenvalue weighted by molar-refractivity contribution is 0.310. The van der Waals surface area contributed by atoms with Crippen LogP contribution in [0.2, 0.25) is 0 Å². The maximum atomic E-state index is 4.77. The smallest absolute Gasteiger partial charge is 0.128 e. The Balaban J connectivity index is 1.95. The van der Waals surface area contributed by atoms with E-state index in [9.17, 15) is 0 Å². The van der Waals surface area contributed by atoms with Gasteiger partial charge in [0.2, 0.25) is 0 Å². The molecule has 2 rings (SSSR count). The van der Waals surface area contributed by atoms with Crippen LogP contribution in [0.1, 0.15) is 39.3 Å². The summed E-state index contributed by atoms with van der Waals surface area (Å²) in [7, 11) is 0. The van der Waals surface area contributed by atoms with Crippen molar-refractivity contribution >= 4 is 5.82 Å². The maximum absolute atomic E-state index is 4.77. The summed E-state index contributed by atoms with van der Waals surface area (Å²) in [5.41, 5.74) is 1.14. The molecule has 3 nitrogen and oxygen atoms in total. The first kappa shape index (κ1) is 14.3. The zero-order valence-electron chi connectivity index (χ0n) is 12.5. The van der Waals surface area contributed by atoms with E-state index < -0.39 is 0 Å². The third-order valence-electron chi connectivity index (χ3n) is 4.15. The van der Waals surface area contributed by atoms with Crippen LogP contribution in [0.5, 0.6) is 0 Å². The molecule has 1 saturated heterocycles. The van der Waals surface area contributed by atoms with E-state index in [1.165, 1.54) is 12.8 Å². The van der Waals surface area contributed by atoms with Crippen LogP contribution >= 0.6 is 0 Å². The van der Waals surface area contributed by atoms with Gasteiger partial charge in [-0.1, -0.05) is 26.8 Å². The second kappa shape index (κ2) is 6.90. The summed E-state index contributed by atoms with van der Waals surface area (Å²) in [6, 6.07) is 6.38. The van der Waals surface area contributed by atoms with Gasteiger partial charge in [0.25, 0.3) is 0 Å². The van der Waals surface area contributed by atoms with E-state index in [-0.39, 0.29) is 0 Å². The van der Waals surface area contributed by atoms with E-state index in [0.29, 0.717) is 0 Å². The van der Waals surface area contributed by atoms with Gasteiger partial charge in [0, 0.05) is 19.6 Å². The number of hydrogen-bond acceptors (Lipinski definition) is 3. The Kier molecular flexibility index (Phi) is 5.20. The zero-order chi connectivity index (χ0) is 13.7. The van der Waals surface area contributed by atoms with E-state index in [1.807, 2.05) is 0 Å². The quantitative estimate of drug-likeness (QED) is 0.883. The third kappa shape index (κ3) is 3.93. The molecule has 0 amide bonds. The molecule has 106 valence electrons. The van der Waals surface area contributed by atoms with Crippen molar-refractivity contribution in [3.8, 4) is 0 Å². The van der Waals surface area contributed by atoms with Gasteiger partial charge >= 0.3 is 0 Å². The standard InChI is InChI=1S/C16H27N3/c1-4-17-12-15-6-5-7-16(18-15)19-10-8-14(9-11-19)13(2)3/h5-7,13-14,17H,4,8-12H2,1-3H3. The second-order valence-corrected chi connectivity index (χ2v) is 5.84. The van der Waals surface area contributed by atoms with Gasteiger partial charge in [0.05, 0.1) is 5.69 Å². The molecule has 0 bridgehead atoms. The predicted octanol–water partition coefficient (Wildman–Crippen LogP) is 3.06. The Bertz CT molecular complexity index is 381. The van der Waals surface area contributed by atoms with E-state index >= 15 is 0 Å². The third-order valence-corrected chi connectivity index (χ3v) is 4.15. The molecule has 0 aliphatic carbocycles. The van der Waals surface area contributed by atoms with Crippen molar-refractivity contribution in [2.45, 2.75) is 40.2 Å². The van der Waals surface area contributed by atoms with Gasteiger partial charge in [0.1, 0.15) is 5.82 Å². The minimum atomic E-state index is 0.815. The molecule has 1 N–H and O–H groups in total. The number of hydrogen-bond donors (Lipinski definition) is 1. The molecule has 0 unspecified atom stereocenters. The van der Waals surface area contributed by atoms with E-state index in [0.717, 1.165) is 49.5 Å². The molecule has 0 radical (unpaired) electrons. The molecule has 0 saturated carbocycles. The molecule has 0 spiro atoms. The number of piperidine rings is 1. The number of aromatic nitrogens is 1. The Morgan fingerprint density at radius 2 is 2.05 bits per heavy atom. The van der Waals surface area contributed by atoms with Crippen LogP contribution in [-0.2, 0) is 6.54 Å². The van der Waals surface area contributed by atoms with Crippen molar-refractivity contribution in [2.24, 2.45) is 11.8 Å². The van der Waals surface area contributed by atoms with Gasteiger partial charge in [-0.15, -0.1) is 0 Å². The van der Waals surface area contributed by atoms with E-state index in [1.54, 1.807) is 0 Å². The highest BCUT2D eigenvalue weighted by atomic mass is 15.2. The lowest BCUT2D eigenvalue weighted by Gasteiger charge is -2.34. The van der Waals surface area contributed by atoms with Crippen LogP contribution in [0.25, 0.3) is 0 Å². The molecule has 1 aliphatic rings. The highest BCUT2D eigenvalue weighted by Crippen LogP contribution is 2.26. The highest BCUT2D eigenvalue weighted by Gasteiger charge is 2.22. The molecule has 1 aromatic rings. The molecule has 0 aromatic carbocycles. The fourth-order valence-corrected chi connectivity index (χ4v) is 2.79. The highest BCUT2D eigenvalue weighted by molar-refractivity contribution is 5.39. The molecule has 2 heterocycles. The fraction of sp³-hybridized carbons (Fsp3) is 0.688. The van der Waals surface area contributed by atoms with Crippen molar-refractivity contribution in [2.75, 3.05) is 24.5 Å². The lowest BCUT2D eigenvalue weighted by atomic mass is 9.87. The predicted molar refractivity (Wildman–Crippen MR) is 81.4 cm³/mol. The number of pyridine rings is 1. The van der Waals surface area contributed by atoms with Gasteiger partial charge in [-0.05, 0) is 43.4 Å². The van der Waals surface area contributed by atoms with Gasteiger partial charge < -0.3 is 10.2 Å². The summed E-state index contributed by atoms with van der Waals surface area (Å²) in [6.07, 6.45) is 2.60. The van der Waals surface area contributed by atoms with Crippen molar-refractivity contribution in [1.82, 2.24) is 10.3 Å². The largest absolute Gasteiger partial charge is 0.357 e. The first-order chi connectivity index (χ1) is 9.20. The number of rotatable bonds is 5. The fourth-order valence-electron chi connectivity index (χ4n) is 2.79. The van der Waals surface area contributed by atoms with Crippen LogP contribution in [0, 0.1) is 11.8 Å². The summed E-state index contributed by atoms with van der Waals surface area (Å²) < 4.78 is 0. The maximum Gasteiger partial charge on any atom is 0.128 e. The molecule has 1 aliphatic heterocycles. The number of nitrogens with one attached hydrogen (secondary N) is 1. The second-order valence-electron chi connectivity index (χ2n) is 5.84. The Morgan fingerprint density at radius 3 is 2.68 bits per heavy atom. The summed E-state index contributed by atoms with van der Waals surface area (Å²) >= 11 is 0. The monoisotopic (exact) mass is 261 g/mol. The van der Waals surface area contributed by atoms with Crippen LogP contribution in [-0.4, -0.2) is 24.6 Å². The number of anilines is 1. The molecular weight excluding hydrogens is 234 g/mol. The van der Waals surface area contributed by atoms with E-state index in [2.05, 4.69) is 49.2 Å². The molecule has 3 heteroatoms. The molecular formula is C16H27N3. The Morgan fingerprint density at radius 1 is 1.32 bits per heavy atom. The molecule has 0 atom stereocenters. The van der Waals surface area contributed by atoms with Gasteiger partial charge in [-0.2, -0.15) is 0 Å². The molecule has 19 heavy (non-hydrogen) atoms. The van der Waals surface area contributed by atoms with Crippen molar-refractivity contribution in [1.29, 1.82) is 0 Å².